The molecule has 4 nitrogen and oxygen atoms in total. The van der Waals surface area contributed by atoms with Crippen molar-refractivity contribution in [2.75, 3.05) is 33.2 Å². The molecule has 0 rings (SSSR count). The molecule has 0 N–H and O–H groups in total. The number of likely N-dealkylation sites (N-methyl/N-ethyl adjacent to an activating group) is 2. The molecule has 0 atom stereocenters. The van der Waals surface area contributed by atoms with Crippen molar-refractivity contribution >= 4 is 11.7 Å². The number of amides is 1. The third-order valence-electron chi connectivity index (χ3n) is 2.84. The first-order chi connectivity index (χ1) is 8.01. The molecule has 100 valence electrons. The van der Waals surface area contributed by atoms with E-state index in [4.69, 9.17) is 0 Å². The van der Waals surface area contributed by atoms with Gasteiger partial charge in [-0.05, 0) is 47.2 Å². The fourth-order valence-electron chi connectivity index (χ4n) is 1.74. The molecule has 4 heteroatoms. The molecule has 0 heterocycles. The molecule has 0 aliphatic rings. The molecule has 0 spiro atoms. The van der Waals surface area contributed by atoms with E-state index in [1.165, 1.54) is 0 Å². The van der Waals surface area contributed by atoms with Gasteiger partial charge in [0.25, 0.3) is 0 Å². The second-order valence-corrected chi connectivity index (χ2v) is 4.46. The van der Waals surface area contributed by atoms with E-state index in [1.807, 2.05) is 30.7 Å². The van der Waals surface area contributed by atoms with Crippen LogP contribution in [0.1, 0.15) is 40.0 Å². The number of unbranched alkanes of at least 4 members (excludes halogenated alkanes) is 1. The maximum absolute atomic E-state index is 11.8. The average Bonchev–Trinajstić information content (AvgIpc) is 2.25. The Morgan fingerprint density at radius 1 is 1.06 bits per heavy atom. The zero-order chi connectivity index (χ0) is 13.3. The van der Waals surface area contributed by atoms with Gasteiger partial charge in [0.15, 0.2) is 0 Å². The largest absolute Gasteiger partial charge is 0.342 e. The van der Waals surface area contributed by atoms with Crippen LogP contribution >= 0.6 is 0 Å². The third kappa shape index (κ3) is 7.91. The molecule has 0 saturated heterocycles. The van der Waals surface area contributed by atoms with Crippen LogP contribution in [0.5, 0.6) is 0 Å². The summed E-state index contributed by atoms with van der Waals surface area (Å²) in [4.78, 5) is 26.4. The van der Waals surface area contributed by atoms with E-state index in [1.54, 1.807) is 6.92 Å². The topological polar surface area (TPSA) is 40.6 Å². The molecular weight excluding hydrogens is 216 g/mol. The lowest BCUT2D eigenvalue weighted by Crippen LogP contribution is -2.39. The van der Waals surface area contributed by atoms with Crippen LogP contribution in [0.15, 0.2) is 0 Å². The molecule has 0 radical (unpaired) electrons. The molecular formula is C13H26N2O2. The summed E-state index contributed by atoms with van der Waals surface area (Å²) < 4.78 is 0. The Balaban J connectivity index is 3.74. The predicted octanol–water partition coefficient (Wildman–Crippen LogP) is 1.55. The van der Waals surface area contributed by atoms with E-state index >= 15 is 0 Å². The second kappa shape index (κ2) is 9.16. The van der Waals surface area contributed by atoms with Crippen LogP contribution in [0.4, 0.5) is 0 Å². The maximum atomic E-state index is 11.8. The van der Waals surface area contributed by atoms with Crippen LogP contribution < -0.4 is 0 Å². The van der Waals surface area contributed by atoms with Crippen molar-refractivity contribution in [3.63, 3.8) is 0 Å². The number of hydrogen-bond donors (Lipinski definition) is 0. The minimum absolute atomic E-state index is 0.184. The monoisotopic (exact) mass is 242 g/mol. The van der Waals surface area contributed by atoms with Gasteiger partial charge in [-0.15, -0.1) is 0 Å². The van der Waals surface area contributed by atoms with Gasteiger partial charge in [-0.3, -0.25) is 9.69 Å². The average molecular weight is 242 g/mol. The highest BCUT2D eigenvalue weighted by Gasteiger charge is 2.11. The van der Waals surface area contributed by atoms with Gasteiger partial charge in [0.1, 0.15) is 5.78 Å². The molecule has 0 bridgehead atoms. The Morgan fingerprint density at radius 3 is 2.12 bits per heavy atom. The predicted molar refractivity (Wildman–Crippen MR) is 70.0 cm³/mol. The van der Waals surface area contributed by atoms with Crippen molar-refractivity contribution in [1.29, 1.82) is 0 Å². The summed E-state index contributed by atoms with van der Waals surface area (Å²) in [5.41, 5.74) is 0. The lowest BCUT2D eigenvalue weighted by molar-refractivity contribution is -0.131. The first-order valence-corrected chi connectivity index (χ1v) is 6.47. The summed E-state index contributed by atoms with van der Waals surface area (Å²) in [6.45, 7) is 8.50. The van der Waals surface area contributed by atoms with Gasteiger partial charge in [0.05, 0.1) is 6.54 Å². The smallest absolute Gasteiger partial charge is 0.236 e. The summed E-state index contributed by atoms with van der Waals surface area (Å²) in [6, 6.07) is 0. The number of nitrogens with zero attached hydrogens (tertiary/aromatic N) is 2. The van der Waals surface area contributed by atoms with E-state index in [-0.39, 0.29) is 11.7 Å². The molecule has 0 fully saturated rings. The summed E-state index contributed by atoms with van der Waals surface area (Å²) in [5.74, 6) is 0.427. The molecule has 0 aromatic heterocycles. The molecule has 0 saturated carbocycles. The Bertz CT molecular complexity index is 238. The van der Waals surface area contributed by atoms with Crippen LogP contribution in [0.2, 0.25) is 0 Å². The summed E-state index contributed by atoms with van der Waals surface area (Å²) in [7, 11) is 1.95. The van der Waals surface area contributed by atoms with Crippen LogP contribution in [0, 0.1) is 0 Å². The van der Waals surface area contributed by atoms with Crippen LogP contribution in [-0.4, -0.2) is 54.7 Å². The van der Waals surface area contributed by atoms with Crippen molar-refractivity contribution in [3.05, 3.63) is 0 Å². The van der Waals surface area contributed by atoms with Crippen molar-refractivity contribution in [1.82, 2.24) is 9.80 Å². The molecule has 17 heavy (non-hydrogen) atoms. The lowest BCUT2D eigenvalue weighted by Gasteiger charge is -2.22. The molecule has 1 amide bonds. The SMILES string of the molecule is CCN(CC)C(=O)CN(C)CCCCC(C)=O. The van der Waals surface area contributed by atoms with Crippen molar-refractivity contribution in [2.24, 2.45) is 0 Å². The van der Waals surface area contributed by atoms with Gasteiger partial charge < -0.3 is 9.69 Å². The van der Waals surface area contributed by atoms with E-state index in [2.05, 4.69) is 0 Å². The van der Waals surface area contributed by atoms with Gasteiger partial charge in [-0.2, -0.15) is 0 Å². The first-order valence-electron chi connectivity index (χ1n) is 6.47. The van der Waals surface area contributed by atoms with Crippen LogP contribution in [0.25, 0.3) is 0 Å². The normalized spacial score (nSPS) is 10.6. The van der Waals surface area contributed by atoms with Gasteiger partial charge >= 0.3 is 0 Å². The van der Waals surface area contributed by atoms with Crippen LogP contribution in [-0.2, 0) is 9.59 Å². The number of Topliss-reactive ketones (excluding diaryl/α,β-unsaturated/α-hetero) is 1. The van der Waals surface area contributed by atoms with Gasteiger partial charge in [0, 0.05) is 19.5 Å². The third-order valence-corrected chi connectivity index (χ3v) is 2.84. The molecule has 0 aromatic carbocycles. The maximum Gasteiger partial charge on any atom is 0.236 e. The summed E-state index contributed by atoms with van der Waals surface area (Å²) in [6.07, 6.45) is 2.54. The minimum Gasteiger partial charge on any atom is -0.342 e. The number of carbonyl (C=O) groups is 2. The van der Waals surface area contributed by atoms with Crippen LogP contribution in [0.3, 0.4) is 0 Å². The minimum atomic E-state index is 0.184. The van der Waals surface area contributed by atoms with E-state index in [9.17, 15) is 9.59 Å². The Kier molecular flexibility index (Phi) is 8.68. The van der Waals surface area contributed by atoms with Gasteiger partial charge in [0.2, 0.25) is 5.91 Å². The molecule has 0 aromatic rings. The van der Waals surface area contributed by atoms with E-state index in [0.29, 0.717) is 13.0 Å². The number of rotatable bonds is 9. The van der Waals surface area contributed by atoms with Gasteiger partial charge in [-0.25, -0.2) is 0 Å². The Labute approximate surface area is 105 Å². The van der Waals surface area contributed by atoms with Crippen molar-refractivity contribution in [2.45, 2.75) is 40.0 Å². The standard InChI is InChI=1S/C13H26N2O2/c1-5-15(6-2)13(17)11-14(4)10-8-7-9-12(3)16/h5-11H2,1-4H3. The quantitative estimate of drug-likeness (QED) is 0.576. The molecule has 0 unspecified atom stereocenters. The summed E-state index contributed by atoms with van der Waals surface area (Å²) in [5, 5.41) is 0. The fraction of sp³-hybridized carbons (Fsp3) is 0.846. The highest BCUT2D eigenvalue weighted by atomic mass is 16.2. The molecule has 0 aliphatic carbocycles. The summed E-state index contributed by atoms with van der Waals surface area (Å²) >= 11 is 0. The van der Waals surface area contributed by atoms with E-state index < -0.39 is 0 Å². The fourth-order valence-corrected chi connectivity index (χ4v) is 1.74. The zero-order valence-corrected chi connectivity index (χ0v) is 11.7. The highest BCUT2D eigenvalue weighted by Crippen LogP contribution is 1.99. The van der Waals surface area contributed by atoms with E-state index in [0.717, 1.165) is 32.5 Å². The van der Waals surface area contributed by atoms with Crippen molar-refractivity contribution in [3.8, 4) is 0 Å². The Morgan fingerprint density at radius 2 is 1.65 bits per heavy atom. The lowest BCUT2D eigenvalue weighted by atomic mass is 10.2. The first kappa shape index (κ1) is 16.1. The number of hydrogen-bond acceptors (Lipinski definition) is 3. The van der Waals surface area contributed by atoms with Crippen molar-refractivity contribution < 1.29 is 9.59 Å². The number of carbonyl (C=O) groups excluding carboxylic acids is 2. The number of ketones is 1. The highest BCUT2D eigenvalue weighted by molar-refractivity contribution is 5.78. The zero-order valence-electron chi connectivity index (χ0n) is 11.7. The van der Waals surface area contributed by atoms with Gasteiger partial charge in [-0.1, -0.05) is 0 Å². The molecule has 0 aliphatic heterocycles. The Hall–Kier alpha value is -0.900. The second-order valence-electron chi connectivity index (χ2n) is 4.46.